The van der Waals surface area contributed by atoms with Crippen LogP contribution in [0.1, 0.15) is 66.2 Å². The number of guanidine groups is 1. The van der Waals surface area contributed by atoms with Crippen LogP contribution < -0.4 is 38.9 Å². The summed E-state index contributed by atoms with van der Waals surface area (Å²) in [4.78, 5) is 65.1. The van der Waals surface area contributed by atoms with E-state index < -0.39 is 53.8 Å². The Morgan fingerprint density at radius 3 is 1.73 bits per heavy atom. The molecule has 0 radical (unpaired) electrons. The highest BCUT2D eigenvalue weighted by Gasteiger charge is 2.31. The average molecular weight is 529 g/mol. The largest absolute Gasteiger partial charge is 0.480 e. The van der Waals surface area contributed by atoms with Crippen LogP contribution in [-0.4, -0.2) is 71.4 Å². The number of primary amides is 1. The maximum absolute atomic E-state index is 13.2. The molecule has 0 bridgehead atoms. The number of rotatable bonds is 18. The van der Waals surface area contributed by atoms with Gasteiger partial charge in [0.05, 0.1) is 6.04 Å². The number of carboxylic acid groups (broad SMARTS) is 1. The van der Waals surface area contributed by atoms with Crippen molar-refractivity contribution in [1.29, 1.82) is 0 Å². The molecule has 0 heterocycles. The minimum atomic E-state index is -1.17. The summed E-state index contributed by atoms with van der Waals surface area (Å²) in [6.07, 6.45) is 0.789. The summed E-state index contributed by atoms with van der Waals surface area (Å²) in [5, 5.41) is 17.2. The Kier molecular flexibility index (Phi) is 15.5. The van der Waals surface area contributed by atoms with Gasteiger partial charge in [0.2, 0.25) is 23.6 Å². The second kappa shape index (κ2) is 17.1. The summed E-state index contributed by atoms with van der Waals surface area (Å²) in [5.41, 5.74) is 21.6. The van der Waals surface area contributed by atoms with Crippen LogP contribution in [0.4, 0.5) is 0 Å². The van der Waals surface area contributed by atoms with E-state index in [0.717, 1.165) is 0 Å². The summed E-state index contributed by atoms with van der Waals surface area (Å²) in [6.45, 7) is 7.56. The lowest BCUT2D eigenvalue weighted by Gasteiger charge is -2.26. The molecule has 0 aliphatic rings. The maximum Gasteiger partial charge on any atom is 0.326 e. The lowest BCUT2D eigenvalue weighted by molar-refractivity contribution is -0.143. The predicted molar refractivity (Wildman–Crippen MR) is 139 cm³/mol. The van der Waals surface area contributed by atoms with Crippen LogP contribution in [0.15, 0.2) is 4.99 Å². The van der Waals surface area contributed by atoms with E-state index in [1.165, 1.54) is 0 Å². The van der Waals surface area contributed by atoms with Crippen molar-refractivity contribution in [2.45, 2.75) is 90.4 Å². The first-order chi connectivity index (χ1) is 17.1. The number of carboxylic acids is 1. The zero-order valence-electron chi connectivity index (χ0n) is 22.2. The molecule has 0 saturated carbocycles. The Bertz CT molecular complexity index is 813. The molecule has 0 saturated heterocycles. The van der Waals surface area contributed by atoms with Gasteiger partial charge in [-0.3, -0.25) is 24.2 Å². The SMILES string of the molecule is CC(C)CC(NC(=O)C(CC(C)C)NC(=O)C(CCCN=C(N)N)NC(=O)C(N)CCC(N)=O)C(=O)O. The summed E-state index contributed by atoms with van der Waals surface area (Å²) in [5.74, 6) is -3.88. The van der Waals surface area contributed by atoms with Gasteiger partial charge in [0, 0.05) is 13.0 Å². The molecule has 37 heavy (non-hydrogen) atoms. The summed E-state index contributed by atoms with van der Waals surface area (Å²) >= 11 is 0. The highest BCUT2D eigenvalue weighted by molar-refractivity contribution is 5.94. The van der Waals surface area contributed by atoms with Crippen LogP contribution in [0, 0.1) is 11.8 Å². The summed E-state index contributed by atoms with van der Waals surface area (Å²) in [7, 11) is 0. The lowest BCUT2D eigenvalue weighted by Crippen LogP contribution is -2.57. The fraction of sp³-hybridized carbons (Fsp3) is 0.739. The Morgan fingerprint density at radius 2 is 1.24 bits per heavy atom. The third kappa shape index (κ3) is 15.3. The topological polar surface area (TPSA) is 258 Å². The number of aliphatic carboxylic acids is 1. The van der Waals surface area contributed by atoms with Gasteiger partial charge in [0.25, 0.3) is 0 Å². The van der Waals surface area contributed by atoms with Crippen molar-refractivity contribution in [3.05, 3.63) is 0 Å². The fourth-order valence-corrected chi connectivity index (χ4v) is 3.42. The number of amides is 4. The van der Waals surface area contributed by atoms with Gasteiger partial charge in [0.15, 0.2) is 5.96 Å². The number of hydrogen-bond donors (Lipinski definition) is 8. The van der Waals surface area contributed by atoms with Gasteiger partial charge in [-0.15, -0.1) is 0 Å². The highest BCUT2D eigenvalue weighted by Crippen LogP contribution is 2.10. The molecule has 0 aliphatic carbocycles. The molecule has 0 fully saturated rings. The van der Waals surface area contributed by atoms with Crippen LogP contribution in [0.25, 0.3) is 0 Å². The van der Waals surface area contributed by atoms with Crippen LogP contribution in [0.5, 0.6) is 0 Å². The molecule has 14 nitrogen and oxygen atoms in total. The molecule has 0 rings (SSSR count). The first-order valence-electron chi connectivity index (χ1n) is 12.4. The third-order valence-corrected chi connectivity index (χ3v) is 5.28. The maximum atomic E-state index is 13.2. The van der Waals surface area contributed by atoms with E-state index in [0.29, 0.717) is 6.42 Å². The monoisotopic (exact) mass is 528 g/mol. The fourth-order valence-electron chi connectivity index (χ4n) is 3.42. The second-order valence-corrected chi connectivity index (χ2v) is 9.84. The minimum absolute atomic E-state index is 0.00564. The van der Waals surface area contributed by atoms with E-state index in [1.54, 1.807) is 0 Å². The molecule has 0 aliphatic heterocycles. The quantitative estimate of drug-likeness (QED) is 0.0569. The van der Waals surface area contributed by atoms with Gasteiger partial charge >= 0.3 is 5.97 Å². The van der Waals surface area contributed by atoms with E-state index in [2.05, 4.69) is 20.9 Å². The Morgan fingerprint density at radius 1 is 0.757 bits per heavy atom. The molecule has 0 aromatic carbocycles. The first-order valence-corrected chi connectivity index (χ1v) is 12.4. The van der Waals surface area contributed by atoms with Gasteiger partial charge in [-0.25, -0.2) is 4.79 Å². The number of aliphatic imine (C=N–C) groups is 1. The zero-order valence-corrected chi connectivity index (χ0v) is 22.2. The minimum Gasteiger partial charge on any atom is -0.480 e. The number of hydrogen-bond acceptors (Lipinski definition) is 7. The first kappa shape index (κ1) is 33.6. The summed E-state index contributed by atoms with van der Waals surface area (Å²) < 4.78 is 0. The average Bonchev–Trinajstić information content (AvgIpc) is 2.77. The molecular weight excluding hydrogens is 484 g/mol. The van der Waals surface area contributed by atoms with Crippen molar-refractivity contribution in [3.63, 3.8) is 0 Å². The number of carbonyl (C=O) groups is 5. The molecule has 212 valence electrons. The van der Waals surface area contributed by atoms with Gasteiger partial charge in [-0.1, -0.05) is 27.7 Å². The number of carbonyl (C=O) groups excluding carboxylic acids is 4. The zero-order chi connectivity index (χ0) is 28.7. The Labute approximate surface area is 217 Å². The Balaban J connectivity index is 5.62. The molecule has 4 unspecified atom stereocenters. The third-order valence-electron chi connectivity index (χ3n) is 5.28. The van der Waals surface area contributed by atoms with Crippen molar-refractivity contribution in [2.75, 3.05) is 6.54 Å². The number of nitrogens with two attached hydrogens (primary N) is 4. The van der Waals surface area contributed by atoms with E-state index in [1.807, 2.05) is 27.7 Å². The van der Waals surface area contributed by atoms with Crippen molar-refractivity contribution >= 4 is 35.6 Å². The van der Waals surface area contributed by atoms with Crippen molar-refractivity contribution in [2.24, 2.45) is 39.8 Å². The molecular formula is C23H44N8O6. The van der Waals surface area contributed by atoms with E-state index >= 15 is 0 Å². The standard InChI is InChI=1S/C23H44N8O6/c1-12(2)10-16(21(35)31-17(22(36)37)11-13(3)4)30-20(34)15(6-5-9-28-23(26)27)29-19(33)14(24)7-8-18(25)32/h12-17H,5-11,24H2,1-4H3,(H2,25,32)(H,29,33)(H,30,34)(H,31,35)(H,36,37)(H4,26,27,28). The molecule has 4 amide bonds. The number of nitrogens with zero attached hydrogens (tertiary/aromatic N) is 1. The van der Waals surface area contributed by atoms with Crippen molar-refractivity contribution < 1.29 is 29.1 Å². The summed E-state index contributed by atoms with van der Waals surface area (Å²) in [6, 6.07) is -4.32. The molecule has 0 aromatic rings. The normalized spacial score (nSPS) is 14.2. The highest BCUT2D eigenvalue weighted by atomic mass is 16.4. The van der Waals surface area contributed by atoms with Crippen LogP contribution in [-0.2, 0) is 24.0 Å². The van der Waals surface area contributed by atoms with Crippen LogP contribution >= 0.6 is 0 Å². The molecule has 0 aromatic heterocycles. The second-order valence-electron chi connectivity index (χ2n) is 9.84. The van der Waals surface area contributed by atoms with Crippen molar-refractivity contribution in [1.82, 2.24) is 16.0 Å². The predicted octanol–water partition coefficient (Wildman–Crippen LogP) is -1.74. The lowest BCUT2D eigenvalue weighted by atomic mass is 10.00. The molecule has 0 spiro atoms. The van der Waals surface area contributed by atoms with Crippen molar-refractivity contribution in [3.8, 4) is 0 Å². The molecule has 4 atom stereocenters. The molecule has 12 N–H and O–H groups in total. The van der Waals surface area contributed by atoms with Gasteiger partial charge in [-0.2, -0.15) is 0 Å². The number of nitrogens with one attached hydrogen (secondary N) is 3. The van der Waals surface area contributed by atoms with Gasteiger partial charge < -0.3 is 44.0 Å². The van der Waals surface area contributed by atoms with E-state index in [4.69, 9.17) is 22.9 Å². The van der Waals surface area contributed by atoms with Gasteiger partial charge in [-0.05, 0) is 43.9 Å². The smallest absolute Gasteiger partial charge is 0.326 e. The van der Waals surface area contributed by atoms with Crippen LogP contribution in [0.3, 0.4) is 0 Å². The van der Waals surface area contributed by atoms with Crippen LogP contribution in [0.2, 0.25) is 0 Å². The van der Waals surface area contributed by atoms with E-state index in [9.17, 15) is 29.1 Å². The van der Waals surface area contributed by atoms with Gasteiger partial charge in [0.1, 0.15) is 18.1 Å². The Hall–Kier alpha value is -3.42. The van der Waals surface area contributed by atoms with E-state index in [-0.39, 0.29) is 56.4 Å². The molecule has 14 heteroatoms.